The molecule has 0 spiro atoms. The van der Waals surface area contributed by atoms with Crippen LogP contribution < -0.4 is 0 Å². The quantitative estimate of drug-likeness (QED) is 0.204. The van der Waals surface area contributed by atoms with E-state index in [0.717, 1.165) is 37.3 Å². The van der Waals surface area contributed by atoms with Crippen LogP contribution in [0, 0.1) is 14.1 Å². The van der Waals surface area contributed by atoms with Gasteiger partial charge in [0, 0.05) is 11.6 Å². The molecule has 0 atom stereocenters. The number of imidazole rings is 2. The maximum atomic E-state index is 5.04. The van der Waals surface area contributed by atoms with Gasteiger partial charge in [0.1, 0.15) is 0 Å². The van der Waals surface area contributed by atoms with Crippen molar-refractivity contribution in [3.63, 3.8) is 0 Å². The average Bonchev–Trinajstić information content (AvgIpc) is 3.38. The number of nitrogens with zero attached hydrogens (tertiary/aromatic N) is 4. The second kappa shape index (κ2) is 13.8. The Bertz CT molecular complexity index is 1040. The normalized spacial score (nSPS) is 13.5. The van der Waals surface area contributed by atoms with Crippen LogP contribution in [0.2, 0.25) is 0 Å². The van der Waals surface area contributed by atoms with Crippen LogP contribution in [0.15, 0.2) is 0 Å². The Balaban J connectivity index is 0.000000762. The molecule has 2 heterocycles. The Kier molecular flexibility index (Phi) is 13.7. The molecule has 0 saturated heterocycles. The van der Waals surface area contributed by atoms with E-state index in [1.165, 1.54) is 22.8 Å². The van der Waals surface area contributed by atoms with Crippen LogP contribution in [-0.2, 0) is 32.5 Å². The van der Waals surface area contributed by atoms with Crippen LogP contribution >= 0.6 is 0 Å². The van der Waals surface area contributed by atoms with Crippen LogP contribution in [0.3, 0.4) is 0 Å². The van der Waals surface area contributed by atoms with Crippen molar-refractivity contribution in [3.05, 3.63) is 48.5 Å². The molecule has 0 bridgehead atoms. The fourth-order valence-corrected chi connectivity index (χ4v) is 5.04. The molecule has 0 aliphatic rings. The van der Waals surface area contributed by atoms with Crippen LogP contribution in [0.25, 0.3) is 0 Å². The molecule has 41 heavy (non-hydrogen) atoms. The molecule has 0 aliphatic carbocycles. The van der Waals surface area contributed by atoms with Crippen LogP contribution in [0.5, 0.6) is 0 Å². The summed E-state index contributed by atoms with van der Waals surface area (Å²) < 4.78 is 4.21. The summed E-state index contributed by atoms with van der Waals surface area (Å²) in [4.78, 5) is 10.1. The fraction of sp³-hybridized carbons (Fsp3) is 0.778. The maximum absolute atomic E-state index is 5.04. The van der Waals surface area contributed by atoms with Gasteiger partial charge < -0.3 is 19.1 Å². The first kappa shape index (κ1) is 40.7. The number of hydrogen-bond acceptors (Lipinski definition) is 2. The Morgan fingerprint density at radius 2 is 0.683 bits per heavy atom. The van der Waals surface area contributed by atoms with E-state index in [1.54, 1.807) is 0 Å². The predicted octanol–water partition coefficient (Wildman–Crippen LogP) is 10.0. The van der Waals surface area contributed by atoms with E-state index < -0.39 is 0 Å². The van der Waals surface area contributed by atoms with Crippen molar-refractivity contribution in [1.29, 1.82) is 0 Å². The minimum atomic E-state index is 0. The van der Waals surface area contributed by atoms with Gasteiger partial charge in [-0.15, -0.1) is 14.1 Å². The molecule has 0 aliphatic heterocycles. The van der Waals surface area contributed by atoms with Crippen molar-refractivity contribution >= 4 is 48.9 Å². The van der Waals surface area contributed by atoms with Gasteiger partial charge in [0.15, 0.2) is 0 Å². The van der Waals surface area contributed by atoms with E-state index in [2.05, 4.69) is 148 Å². The summed E-state index contributed by atoms with van der Waals surface area (Å²) in [6.07, 6.45) is 4.34. The van der Waals surface area contributed by atoms with E-state index in [9.17, 15) is 0 Å². The number of aromatic nitrogens is 4. The molecule has 5 heteroatoms. The molecule has 232 valence electrons. The molecule has 2 rings (SSSR count). The van der Waals surface area contributed by atoms with Crippen molar-refractivity contribution < 1.29 is 0 Å². The van der Waals surface area contributed by atoms with Gasteiger partial charge in [0.25, 0.3) is 0 Å². The maximum Gasteiger partial charge on any atom is 2.00 e. The van der Waals surface area contributed by atoms with Crippen molar-refractivity contribution in [1.82, 2.24) is 19.1 Å². The van der Waals surface area contributed by atoms with Crippen molar-refractivity contribution in [2.24, 2.45) is 0 Å². The first-order valence-corrected chi connectivity index (χ1v) is 15.7. The van der Waals surface area contributed by atoms with Crippen molar-refractivity contribution in [2.75, 3.05) is 0 Å². The van der Waals surface area contributed by atoms with Crippen molar-refractivity contribution in [3.8, 4) is 0 Å². The van der Waals surface area contributed by atoms with Gasteiger partial charge in [-0.2, -0.15) is 0 Å². The van der Waals surface area contributed by atoms with E-state index in [4.69, 9.17) is 9.97 Å². The van der Waals surface area contributed by atoms with E-state index in [0.29, 0.717) is 0 Å². The van der Waals surface area contributed by atoms with Crippen LogP contribution in [0.4, 0.5) is 0 Å². The van der Waals surface area contributed by atoms with E-state index in [-0.39, 0.29) is 81.4 Å². The number of hydrogen-bond donors (Lipinski definition) is 0. The second-order valence-electron chi connectivity index (χ2n) is 16.6. The van der Waals surface area contributed by atoms with E-state index >= 15 is 0 Å². The van der Waals surface area contributed by atoms with Gasteiger partial charge in [0.2, 0.25) is 0 Å². The van der Waals surface area contributed by atoms with Gasteiger partial charge >= 0.3 is 48.9 Å². The third-order valence-corrected chi connectivity index (χ3v) is 9.38. The number of rotatable bonds is 8. The molecule has 0 N–H and O–H groups in total. The average molecular weight is 692 g/mol. The molecule has 0 fully saturated rings. The minimum absolute atomic E-state index is 0. The fourth-order valence-electron chi connectivity index (χ4n) is 5.04. The summed E-state index contributed by atoms with van der Waals surface area (Å²) >= 11 is 0. The summed E-state index contributed by atoms with van der Waals surface area (Å²) in [6, 6.07) is 0. The first-order chi connectivity index (χ1) is 17.8. The topological polar surface area (TPSA) is 35.6 Å². The second-order valence-corrected chi connectivity index (χ2v) is 16.6. The molecule has 4 nitrogen and oxygen atoms in total. The SMILES string of the molecule is [Ba+2].[CH2-]n1c(C(C)(C)C)nc(C(C)(C)CC)c1C(C)(C)CC.[CH2-]n1c(C(C)(C)C)nc(C(C)(C)CC)c1C(C)(C)CC. The summed E-state index contributed by atoms with van der Waals surface area (Å²) in [6.45, 7) is 40.6. The molecule has 2 aromatic rings. The van der Waals surface area contributed by atoms with Gasteiger partial charge in [-0.1, -0.05) is 149 Å². The third-order valence-electron chi connectivity index (χ3n) is 9.38. The standard InChI is InChI=1S/2C18H33N2.Ba/c2*1-11-17(6,7)13-14(18(8,9)12-2)20(10)15(19-13)16(3,4)5;/h2*10-12H2,1-9H3;/q2*-1;+2. The predicted molar refractivity (Wildman–Crippen MR) is 182 cm³/mol. The largest absolute Gasteiger partial charge is 2.00 e. The zero-order valence-electron chi connectivity index (χ0n) is 30.7. The smallest absolute Gasteiger partial charge is 0.471 e. The Labute approximate surface area is 296 Å². The molecular weight excluding hydrogens is 626 g/mol. The van der Waals surface area contributed by atoms with Crippen molar-refractivity contribution in [2.45, 2.75) is 183 Å². The van der Waals surface area contributed by atoms with Gasteiger partial charge in [-0.05, 0) is 56.7 Å². The van der Waals surface area contributed by atoms with Gasteiger partial charge in [0.05, 0.1) is 0 Å². The first-order valence-electron chi connectivity index (χ1n) is 15.7. The molecule has 0 amide bonds. The summed E-state index contributed by atoms with van der Waals surface area (Å²) in [5, 5.41) is 0. The molecule has 0 radical (unpaired) electrons. The van der Waals surface area contributed by atoms with Gasteiger partial charge in [-0.25, -0.2) is 0 Å². The van der Waals surface area contributed by atoms with Gasteiger partial charge in [-0.3, -0.25) is 0 Å². The molecule has 0 unspecified atom stereocenters. The molecular formula is C36H66BaN4. The van der Waals surface area contributed by atoms with Crippen LogP contribution in [0.1, 0.15) is 185 Å². The van der Waals surface area contributed by atoms with Crippen LogP contribution in [-0.4, -0.2) is 68.0 Å². The Hall–Kier alpha value is -0.269. The Morgan fingerprint density at radius 1 is 0.463 bits per heavy atom. The van der Waals surface area contributed by atoms with E-state index in [1.807, 2.05) is 0 Å². The summed E-state index contributed by atoms with van der Waals surface area (Å²) in [5.41, 5.74) is 5.47. The Morgan fingerprint density at radius 3 is 0.854 bits per heavy atom. The monoisotopic (exact) mass is 692 g/mol. The summed E-state index contributed by atoms with van der Waals surface area (Å²) in [7, 11) is 8.65. The zero-order valence-corrected chi connectivity index (χ0v) is 35.2. The summed E-state index contributed by atoms with van der Waals surface area (Å²) in [5.74, 6) is 2.18. The molecule has 0 saturated carbocycles. The third kappa shape index (κ3) is 8.90. The zero-order chi connectivity index (χ0) is 31.9. The molecule has 0 aromatic carbocycles. The minimum Gasteiger partial charge on any atom is -0.471 e. The molecule has 2 aromatic heterocycles.